The number of carbonyl (C=O) groups excluding carboxylic acids is 1. The van der Waals surface area contributed by atoms with E-state index in [1.165, 1.54) is 0 Å². The van der Waals surface area contributed by atoms with Crippen molar-refractivity contribution in [2.45, 2.75) is 0 Å². The van der Waals surface area contributed by atoms with Crippen molar-refractivity contribution < 1.29 is 4.79 Å². The zero-order valence-corrected chi connectivity index (χ0v) is 10.7. The summed E-state index contributed by atoms with van der Waals surface area (Å²) in [7, 11) is 0. The van der Waals surface area contributed by atoms with Gasteiger partial charge in [0.1, 0.15) is 0 Å². The van der Waals surface area contributed by atoms with Gasteiger partial charge < -0.3 is 11.1 Å². The van der Waals surface area contributed by atoms with Gasteiger partial charge in [0.05, 0.1) is 5.03 Å². The number of amides is 1. The Bertz CT molecular complexity index is 707. The molecule has 2 aromatic carbocycles. The maximum Gasteiger partial charge on any atom is 0.249 e. The van der Waals surface area contributed by atoms with Gasteiger partial charge in [-0.05, 0) is 24.3 Å². The van der Waals surface area contributed by atoms with Crippen molar-refractivity contribution in [3.8, 4) is 0 Å². The van der Waals surface area contributed by atoms with Crippen molar-refractivity contribution in [1.29, 1.82) is 0 Å². The number of nitrogens with one attached hydrogen (secondary N) is 1. The van der Waals surface area contributed by atoms with Crippen LogP contribution in [0.5, 0.6) is 0 Å². The summed E-state index contributed by atoms with van der Waals surface area (Å²) >= 11 is 6.33. The van der Waals surface area contributed by atoms with E-state index in [-0.39, 0.29) is 0 Å². The summed E-state index contributed by atoms with van der Waals surface area (Å²) in [5.41, 5.74) is 9.20. The number of hydrogen-bond acceptors (Lipinski definition) is 2. The van der Waals surface area contributed by atoms with E-state index in [0.717, 1.165) is 22.5 Å². The second kappa shape index (κ2) is 4.44. The third-order valence-corrected chi connectivity index (χ3v) is 3.41. The summed E-state index contributed by atoms with van der Waals surface area (Å²) < 4.78 is 0. The number of nitrogens with two attached hydrogens (primary N) is 1. The van der Waals surface area contributed by atoms with Crippen molar-refractivity contribution in [1.82, 2.24) is 0 Å². The highest BCUT2D eigenvalue weighted by Crippen LogP contribution is 2.37. The second-order valence-corrected chi connectivity index (χ2v) is 4.70. The van der Waals surface area contributed by atoms with Crippen LogP contribution in [0.2, 0.25) is 0 Å². The molecular formula is C15H11ClN2O. The van der Waals surface area contributed by atoms with Crippen molar-refractivity contribution in [3.05, 3.63) is 59.2 Å². The van der Waals surface area contributed by atoms with Gasteiger partial charge in [-0.3, -0.25) is 4.79 Å². The molecule has 4 heteroatoms. The van der Waals surface area contributed by atoms with Crippen LogP contribution in [-0.2, 0) is 0 Å². The first-order valence-electron chi connectivity index (χ1n) is 5.83. The highest BCUT2D eigenvalue weighted by atomic mass is 35.5. The molecule has 0 spiro atoms. The fourth-order valence-corrected chi connectivity index (χ4v) is 2.47. The fourth-order valence-electron chi connectivity index (χ4n) is 2.19. The Morgan fingerprint density at radius 1 is 1.05 bits per heavy atom. The molecule has 0 unspecified atom stereocenters. The molecule has 3 N–H and O–H groups in total. The number of fused-ring (bicyclic) bond motifs is 2. The summed E-state index contributed by atoms with van der Waals surface area (Å²) in [6, 6.07) is 13.1. The summed E-state index contributed by atoms with van der Waals surface area (Å²) in [5.74, 6) is -0.467. The van der Waals surface area contributed by atoms with E-state index in [4.69, 9.17) is 17.3 Å². The molecular weight excluding hydrogens is 260 g/mol. The molecule has 1 heterocycles. The number of carbonyl (C=O) groups is 1. The highest BCUT2D eigenvalue weighted by molar-refractivity contribution is 6.52. The Balaban J connectivity index is 2.27. The lowest BCUT2D eigenvalue weighted by atomic mass is 10.0. The molecule has 0 bridgehead atoms. The topological polar surface area (TPSA) is 55.1 Å². The normalized spacial score (nSPS) is 12.6. The molecule has 3 rings (SSSR count). The Hall–Kier alpha value is -2.26. The quantitative estimate of drug-likeness (QED) is 0.832. The smallest absolute Gasteiger partial charge is 0.249 e. The fraction of sp³-hybridized carbons (Fsp3) is 0. The Morgan fingerprint density at radius 3 is 2.58 bits per heavy atom. The Morgan fingerprint density at radius 2 is 1.79 bits per heavy atom. The van der Waals surface area contributed by atoms with Crippen molar-refractivity contribution in [3.63, 3.8) is 0 Å². The SMILES string of the molecule is NC(=O)c1cccc2c1C=C(Cl)c1ccccc1N2. The average molecular weight is 271 g/mol. The van der Waals surface area contributed by atoms with Crippen LogP contribution in [0.3, 0.4) is 0 Å². The van der Waals surface area contributed by atoms with Crippen molar-refractivity contribution in [2.24, 2.45) is 5.73 Å². The van der Waals surface area contributed by atoms with Crippen LogP contribution in [0.1, 0.15) is 21.5 Å². The molecule has 0 saturated carbocycles. The first kappa shape index (κ1) is 11.8. The van der Waals surface area contributed by atoms with Gasteiger partial charge in [0, 0.05) is 28.1 Å². The molecule has 0 atom stereocenters. The van der Waals surface area contributed by atoms with Gasteiger partial charge >= 0.3 is 0 Å². The van der Waals surface area contributed by atoms with Gasteiger partial charge in [0.15, 0.2) is 0 Å². The molecule has 1 amide bonds. The van der Waals surface area contributed by atoms with E-state index in [9.17, 15) is 4.79 Å². The maximum atomic E-state index is 11.5. The molecule has 2 aromatic rings. The summed E-state index contributed by atoms with van der Waals surface area (Å²) in [6.07, 6.45) is 1.77. The molecule has 94 valence electrons. The van der Waals surface area contributed by atoms with E-state index in [0.29, 0.717) is 10.6 Å². The summed E-state index contributed by atoms with van der Waals surface area (Å²) in [5, 5.41) is 3.86. The largest absolute Gasteiger partial charge is 0.366 e. The third-order valence-electron chi connectivity index (χ3n) is 3.10. The van der Waals surface area contributed by atoms with Crippen LogP contribution >= 0.6 is 11.6 Å². The molecule has 0 fully saturated rings. The molecule has 19 heavy (non-hydrogen) atoms. The monoisotopic (exact) mass is 270 g/mol. The number of halogens is 1. The van der Waals surface area contributed by atoms with Crippen molar-refractivity contribution >= 4 is 40.0 Å². The van der Waals surface area contributed by atoms with E-state index < -0.39 is 5.91 Å². The van der Waals surface area contributed by atoms with Gasteiger partial charge in [0.2, 0.25) is 5.91 Å². The van der Waals surface area contributed by atoms with Crippen molar-refractivity contribution in [2.75, 3.05) is 5.32 Å². The minimum Gasteiger partial charge on any atom is -0.366 e. The zero-order valence-electron chi connectivity index (χ0n) is 9.98. The number of benzene rings is 2. The number of primary amides is 1. The van der Waals surface area contributed by atoms with Gasteiger partial charge in [-0.2, -0.15) is 0 Å². The molecule has 0 aliphatic carbocycles. The lowest BCUT2D eigenvalue weighted by Gasteiger charge is -2.11. The zero-order chi connectivity index (χ0) is 13.4. The van der Waals surface area contributed by atoms with Crippen LogP contribution in [0, 0.1) is 0 Å². The Labute approximate surface area is 115 Å². The molecule has 1 aliphatic heterocycles. The minimum atomic E-state index is -0.467. The number of anilines is 2. The van der Waals surface area contributed by atoms with Crippen LogP contribution < -0.4 is 11.1 Å². The second-order valence-electron chi connectivity index (χ2n) is 4.29. The summed E-state index contributed by atoms with van der Waals surface area (Å²) in [6.45, 7) is 0. The van der Waals surface area contributed by atoms with Gasteiger partial charge in [0.25, 0.3) is 0 Å². The van der Waals surface area contributed by atoms with Crippen LogP contribution in [0.25, 0.3) is 11.1 Å². The minimum absolute atomic E-state index is 0.455. The predicted molar refractivity (Wildman–Crippen MR) is 78.4 cm³/mol. The van der Waals surface area contributed by atoms with Crippen LogP contribution in [0.4, 0.5) is 11.4 Å². The first-order chi connectivity index (χ1) is 9.16. The number of para-hydroxylation sites is 1. The number of hydrogen-bond donors (Lipinski definition) is 2. The lowest BCUT2D eigenvalue weighted by molar-refractivity contribution is 0.1000. The molecule has 1 aliphatic rings. The predicted octanol–water partition coefficient (Wildman–Crippen LogP) is 3.58. The molecule has 3 nitrogen and oxygen atoms in total. The number of rotatable bonds is 1. The summed E-state index contributed by atoms with van der Waals surface area (Å²) in [4.78, 5) is 11.5. The average Bonchev–Trinajstić information content (AvgIpc) is 2.54. The Kier molecular flexibility index (Phi) is 2.76. The van der Waals surface area contributed by atoms with E-state index in [1.54, 1.807) is 18.2 Å². The molecule has 0 aromatic heterocycles. The van der Waals surface area contributed by atoms with E-state index in [2.05, 4.69) is 5.32 Å². The van der Waals surface area contributed by atoms with E-state index >= 15 is 0 Å². The first-order valence-corrected chi connectivity index (χ1v) is 6.21. The lowest BCUT2D eigenvalue weighted by Crippen LogP contribution is -2.13. The van der Waals surface area contributed by atoms with Gasteiger partial charge in [-0.15, -0.1) is 0 Å². The van der Waals surface area contributed by atoms with Crippen LogP contribution in [0.15, 0.2) is 42.5 Å². The van der Waals surface area contributed by atoms with Crippen LogP contribution in [-0.4, -0.2) is 5.91 Å². The third kappa shape index (κ3) is 1.98. The molecule has 0 radical (unpaired) electrons. The van der Waals surface area contributed by atoms with E-state index in [1.807, 2.05) is 30.3 Å². The highest BCUT2D eigenvalue weighted by Gasteiger charge is 2.17. The molecule has 0 saturated heterocycles. The van der Waals surface area contributed by atoms with Gasteiger partial charge in [-0.25, -0.2) is 0 Å². The maximum absolute atomic E-state index is 11.5. The van der Waals surface area contributed by atoms with Gasteiger partial charge in [-0.1, -0.05) is 35.9 Å². The standard InChI is InChI=1S/C15H11ClN2O/c16-12-8-11-9(15(17)19)5-3-7-14(11)18-13-6-2-1-4-10(12)13/h1-8,18H,(H2,17,19).